The van der Waals surface area contributed by atoms with E-state index in [1.807, 2.05) is 25.4 Å². The molecule has 0 radical (unpaired) electrons. The van der Waals surface area contributed by atoms with Gasteiger partial charge in [-0.25, -0.2) is 9.48 Å². The van der Waals surface area contributed by atoms with Gasteiger partial charge in [-0.15, -0.1) is 0 Å². The van der Waals surface area contributed by atoms with E-state index in [4.69, 9.17) is 4.74 Å². The molecule has 27 heavy (non-hydrogen) atoms. The molecule has 0 amide bonds. The monoisotopic (exact) mass is 432 g/mol. The Hall–Kier alpha value is -2.61. The van der Waals surface area contributed by atoms with Gasteiger partial charge < -0.3 is 15.0 Å². The van der Waals surface area contributed by atoms with Crippen LogP contribution < -0.4 is 10.9 Å². The molecule has 1 atom stereocenters. The number of allylic oxidation sites excluding steroid dienone is 1. The lowest BCUT2D eigenvalue weighted by atomic mass is 9.91. The zero-order valence-corrected chi connectivity index (χ0v) is 17.0. The second kappa shape index (κ2) is 7.96. The molecule has 0 aliphatic carbocycles. The van der Waals surface area contributed by atoms with Crippen LogP contribution in [0.4, 0.5) is 5.69 Å². The second-order valence-corrected chi connectivity index (χ2v) is 7.33. The van der Waals surface area contributed by atoms with E-state index in [1.54, 1.807) is 25.4 Å². The minimum atomic E-state index is -0.340. The highest BCUT2D eigenvalue weighted by Gasteiger charge is 2.21. The van der Waals surface area contributed by atoms with Crippen molar-refractivity contribution in [2.45, 2.75) is 12.3 Å². The Labute approximate surface area is 165 Å². The van der Waals surface area contributed by atoms with E-state index in [0.717, 1.165) is 24.2 Å². The smallest absolute Gasteiger partial charge is 0.337 e. The summed E-state index contributed by atoms with van der Waals surface area (Å²) in [6.07, 6.45) is 4.44. The molecular formula is C19H21BrN4O3. The molecule has 0 saturated carbocycles. The summed E-state index contributed by atoms with van der Waals surface area (Å²) in [5, 5.41) is 7.37. The average Bonchev–Trinajstić information content (AvgIpc) is 2.67. The predicted octanol–water partition coefficient (Wildman–Crippen LogP) is 2.70. The molecule has 7 nitrogen and oxygen atoms in total. The van der Waals surface area contributed by atoms with Crippen LogP contribution in [0.15, 0.2) is 51.6 Å². The summed E-state index contributed by atoms with van der Waals surface area (Å²) < 4.78 is 6.48. The van der Waals surface area contributed by atoms with Crippen molar-refractivity contribution in [1.29, 1.82) is 0 Å². The molecular weight excluding hydrogens is 412 g/mol. The normalized spacial score (nSPS) is 16.7. The van der Waals surface area contributed by atoms with Crippen LogP contribution in [0.2, 0.25) is 0 Å². The Morgan fingerprint density at radius 1 is 1.30 bits per heavy atom. The summed E-state index contributed by atoms with van der Waals surface area (Å²) >= 11 is 3.34. The number of carbonyl (C=O) groups excluding carboxylic acids is 1. The molecule has 0 bridgehead atoms. The maximum atomic E-state index is 12.0. The fourth-order valence-electron chi connectivity index (χ4n) is 3.14. The fourth-order valence-corrected chi connectivity index (χ4v) is 3.59. The second-order valence-electron chi connectivity index (χ2n) is 6.53. The molecule has 0 fully saturated rings. The minimum absolute atomic E-state index is 0.195. The molecule has 1 N–H and O–H groups in total. The molecule has 1 aliphatic rings. The molecule has 1 aromatic heterocycles. The lowest BCUT2D eigenvalue weighted by Gasteiger charge is -2.31. The molecule has 142 valence electrons. The first-order valence-corrected chi connectivity index (χ1v) is 9.26. The first-order valence-electron chi connectivity index (χ1n) is 8.47. The van der Waals surface area contributed by atoms with E-state index < -0.39 is 0 Å². The molecule has 2 heterocycles. The Kier molecular flexibility index (Phi) is 5.65. The SMILES string of the molecule is COC(=O)c1ccc(C2CC(Nc3cnn(C)c(=O)c3Br)=CN(C)C2)cc1. The number of aromatic nitrogens is 2. The lowest BCUT2D eigenvalue weighted by molar-refractivity contribution is 0.0600. The number of nitrogens with one attached hydrogen (secondary N) is 1. The van der Waals surface area contributed by atoms with Crippen molar-refractivity contribution < 1.29 is 9.53 Å². The van der Waals surface area contributed by atoms with Gasteiger partial charge in [0.25, 0.3) is 5.56 Å². The minimum Gasteiger partial charge on any atom is -0.465 e. The number of anilines is 1. The van der Waals surface area contributed by atoms with E-state index in [9.17, 15) is 9.59 Å². The third kappa shape index (κ3) is 4.21. The van der Waals surface area contributed by atoms with Gasteiger partial charge in [-0.3, -0.25) is 4.79 Å². The molecule has 1 unspecified atom stereocenters. The zero-order valence-electron chi connectivity index (χ0n) is 15.4. The first kappa shape index (κ1) is 19.2. The van der Waals surface area contributed by atoms with Crippen molar-refractivity contribution in [2.75, 3.05) is 26.0 Å². The third-order valence-corrected chi connectivity index (χ3v) is 5.29. The van der Waals surface area contributed by atoms with Gasteiger partial charge in [0.1, 0.15) is 4.47 Å². The fraction of sp³-hybridized carbons (Fsp3) is 0.316. The Balaban J connectivity index is 1.79. The van der Waals surface area contributed by atoms with E-state index >= 15 is 0 Å². The number of esters is 1. The first-order chi connectivity index (χ1) is 12.9. The van der Waals surface area contributed by atoms with E-state index in [-0.39, 0.29) is 17.4 Å². The zero-order chi connectivity index (χ0) is 19.6. The van der Waals surface area contributed by atoms with Crippen molar-refractivity contribution >= 4 is 27.6 Å². The number of aryl methyl sites for hydroxylation is 1. The number of carbonyl (C=O) groups is 1. The van der Waals surface area contributed by atoms with Crippen LogP contribution >= 0.6 is 15.9 Å². The van der Waals surface area contributed by atoms with Gasteiger partial charge >= 0.3 is 5.97 Å². The summed E-state index contributed by atoms with van der Waals surface area (Å²) in [6.45, 7) is 0.860. The Bertz CT molecular complexity index is 937. The summed E-state index contributed by atoms with van der Waals surface area (Å²) in [7, 11) is 4.99. The van der Waals surface area contributed by atoms with Crippen molar-refractivity contribution in [3.05, 3.63) is 68.3 Å². The highest BCUT2D eigenvalue weighted by atomic mass is 79.9. The van der Waals surface area contributed by atoms with Gasteiger partial charge in [0.2, 0.25) is 0 Å². The number of benzene rings is 1. The standard InChI is InChI=1S/C19H21BrN4O3/c1-23-10-14(12-4-6-13(7-5-12)19(26)27-3)8-15(11-23)22-16-9-21-24(2)18(25)17(16)20/h4-7,9,11,14,22H,8,10H2,1-3H3. The van der Waals surface area contributed by atoms with Gasteiger partial charge in [-0.05, 0) is 40.0 Å². The molecule has 0 spiro atoms. The van der Waals surface area contributed by atoms with Gasteiger partial charge in [-0.1, -0.05) is 12.1 Å². The maximum Gasteiger partial charge on any atom is 0.337 e. The van der Waals surface area contributed by atoms with E-state index in [0.29, 0.717) is 15.7 Å². The van der Waals surface area contributed by atoms with Gasteiger partial charge in [0.15, 0.2) is 0 Å². The van der Waals surface area contributed by atoms with Crippen molar-refractivity contribution in [3.63, 3.8) is 0 Å². The van der Waals surface area contributed by atoms with Crippen LogP contribution in [0.25, 0.3) is 0 Å². The van der Waals surface area contributed by atoms with Gasteiger partial charge in [0, 0.05) is 38.5 Å². The van der Waals surface area contributed by atoms with Crippen LogP contribution in [-0.4, -0.2) is 41.4 Å². The number of nitrogens with zero attached hydrogens (tertiary/aromatic N) is 3. The molecule has 1 aromatic carbocycles. The van der Waals surface area contributed by atoms with E-state index in [2.05, 4.69) is 31.2 Å². The average molecular weight is 433 g/mol. The number of rotatable bonds is 4. The molecule has 2 aromatic rings. The van der Waals surface area contributed by atoms with Crippen LogP contribution in [0.3, 0.4) is 0 Å². The number of methoxy groups -OCH3 is 1. The summed E-state index contributed by atoms with van der Waals surface area (Å²) in [6, 6.07) is 7.49. The third-order valence-electron chi connectivity index (χ3n) is 4.53. The molecule has 1 aliphatic heterocycles. The Morgan fingerprint density at radius 3 is 2.67 bits per heavy atom. The number of ether oxygens (including phenoxy) is 1. The summed E-state index contributed by atoms with van der Waals surface area (Å²) in [5.41, 5.74) is 3.11. The van der Waals surface area contributed by atoms with Crippen LogP contribution in [0.5, 0.6) is 0 Å². The van der Waals surface area contributed by atoms with Crippen LogP contribution in [-0.2, 0) is 11.8 Å². The quantitative estimate of drug-likeness (QED) is 0.748. The number of likely N-dealkylation sites (N-methyl/N-ethyl adjacent to an activating group) is 1. The molecule has 3 rings (SSSR count). The van der Waals surface area contributed by atoms with E-state index in [1.165, 1.54) is 11.8 Å². The summed E-state index contributed by atoms with van der Waals surface area (Å²) in [5.74, 6) is -0.0833. The van der Waals surface area contributed by atoms with Gasteiger partial charge in [-0.2, -0.15) is 5.10 Å². The number of halogens is 1. The predicted molar refractivity (Wildman–Crippen MR) is 107 cm³/mol. The van der Waals surface area contributed by atoms with Gasteiger partial charge in [0.05, 0.1) is 24.6 Å². The highest BCUT2D eigenvalue weighted by molar-refractivity contribution is 9.10. The molecule has 8 heteroatoms. The topological polar surface area (TPSA) is 76.5 Å². The van der Waals surface area contributed by atoms with Crippen molar-refractivity contribution in [2.24, 2.45) is 7.05 Å². The number of hydrogen-bond acceptors (Lipinski definition) is 6. The summed E-state index contributed by atoms with van der Waals surface area (Å²) in [4.78, 5) is 25.7. The highest BCUT2D eigenvalue weighted by Crippen LogP contribution is 2.30. The maximum absolute atomic E-state index is 12.0. The molecule has 0 saturated heterocycles. The van der Waals surface area contributed by atoms with Crippen molar-refractivity contribution in [1.82, 2.24) is 14.7 Å². The van der Waals surface area contributed by atoms with Crippen molar-refractivity contribution in [3.8, 4) is 0 Å². The lowest BCUT2D eigenvalue weighted by Crippen LogP contribution is -2.28. The van der Waals surface area contributed by atoms with Crippen LogP contribution in [0.1, 0.15) is 28.3 Å². The Morgan fingerprint density at radius 2 is 2.00 bits per heavy atom. The largest absolute Gasteiger partial charge is 0.465 e. The number of hydrogen-bond donors (Lipinski definition) is 1. The van der Waals surface area contributed by atoms with Crippen LogP contribution in [0, 0.1) is 0 Å².